The molecule has 0 aromatic heterocycles. The van der Waals surface area contributed by atoms with Gasteiger partial charge in [0.25, 0.3) is 0 Å². The molecule has 0 aromatic rings. The fraction of sp³-hybridized carbons (Fsp3) is 0.524. The van der Waals surface area contributed by atoms with Gasteiger partial charge in [-0.2, -0.15) is 0 Å². The van der Waals surface area contributed by atoms with Crippen LogP contribution in [0.4, 0.5) is 0 Å². The van der Waals surface area contributed by atoms with Gasteiger partial charge in [0.1, 0.15) is 12.2 Å². The Labute approximate surface area is 152 Å². The largest absolute Gasteiger partial charge is 0.389 e. The molecule has 26 heavy (non-hydrogen) atoms. The van der Waals surface area contributed by atoms with Crippen LogP contribution in [0.2, 0.25) is 0 Å². The lowest BCUT2D eigenvalue weighted by Gasteiger charge is -2.51. The first-order valence-corrected chi connectivity index (χ1v) is 9.10. The number of carbonyl (C=O) groups is 2. The smallest absolute Gasteiger partial charge is 0.190 e. The number of allylic oxidation sites excluding steroid dienone is 7. The minimum atomic E-state index is -1.63. The molecule has 5 atom stereocenters. The topological polar surface area (TPSA) is 94.8 Å². The summed E-state index contributed by atoms with van der Waals surface area (Å²) in [6.07, 6.45) is 9.12. The van der Waals surface area contributed by atoms with E-state index in [-0.39, 0.29) is 24.5 Å². The molecule has 4 aliphatic rings. The predicted octanol–water partition coefficient (Wildman–Crippen LogP) is 1.40. The summed E-state index contributed by atoms with van der Waals surface area (Å²) in [6.45, 7) is 3.13. The maximum Gasteiger partial charge on any atom is 0.190 e. The maximum absolute atomic E-state index is 12.3. The van der Waals surface area contributed by atoms with Crippen LogP contribution in [0.25, 0.3) is 0 Å². The second-order valence-electron chi connectivity index (χ2n) is 8.41. The molecule has 0 amide bonds. The molecule has 138 valence electrons. The van der Waals surface area contributed by atoms with E-state index in [0.717, 1.165) is 16.7 Å². The van der Waals surface area contributed by atoms with Crippen molar-refractivity contribution in [3.05, 3.63) is 47.1 Å². The molecule has 0 saturated heterocycles. The Morgan fingerprint density at radius 2 is 2.00 bits per heavy atom. The quantitative estimate of drug-likeness (QED) is 0.695. The van der Waals surface area contributed by atoms with E-state index >= 15 is 0 Å². The van der Waals surface area contributed by atoms with Crippen molar-refractivity contribution in [1.82, 2.24) is 0 Å². The first-order valence-electron chi connectivity index (χ1n) is 9.10. The van der Waals surface area contributed by atoms with Crippen LogP contribution >= 0.6 is 0 Å². The minimum Gasteiger partial charge on any atom is -0.389 e. The highest BCUT2D eigenvalue weighted by molar-refractivity contribution is 6.02. The van der Waals surface area contributed by atoms with Gasteiger partial charge in [-0.3, -0.25) is 9.59 Å². The summed E-state index contributed by atoms with van der Waals surface area (Å²) >= 11 is 0. The Bertz CT molecular complexity index is 831. The second-order valence-corrected chi connectivity index (χ2v) is 8.41. The summed E-state index contributed by atoms with van der Waals surface area (Å²) in [5.74, 6) is -0.722. The molecule has 1 fully saturated rings. The van der Waals surface area contributed by atoms with Crippen LogP contribution < -0.4 is 0 Å². The van der Waals surface area contributed by atoms with Crippen LogP contribution in [-0.2, 0) is 9.59 Å². The molecule has 0 radical (unpaired) electrons. The Balaban J connectivity index is 1.86. The average Bonchev–Trinajstić information content (AvgIpc) is 2.86. The van der Waals surface area contributed by atoms with Crippen LogP contribution in [0.15, 0.2) is 47.1 Å². The Kier molecular flexibility index (Phi) is 3.62. The zero-order valence-electron chi connectivity index (χ0n) is 15.0. The third-order valence-electron chi connectivity index (χ3n) is 7.23. The van der Waals surface area contributed by atoms with Gasteiger partial charge in [0.05, 0.1) is 6.10 Å². The number of ketones is 2. The SMILES string of the molecule is C[C@]12C=CC(=O)C=C1C=CC1=C2[C@@H](O)C[C@@]2(C)[C@H]1CC[C@]2(O)C(=O)CO. The van der Waals surface area contributed by atoms with E-state index in [0.29, 0.717) is 6.42 Å². The Morgan fingerprint density at radius 1 is 1.27 bits per heavy atom. The molecule has 5 heteroatoms. The molecule has 3 N–H and O–H groups in total. The van der Waals surface area contributed by atoms with Crippen molar-refractivity contribution in [2.24, 2.45) is 16.7 Å². The zero-order chi connectivity index (χ0) is 18.9. The molecule has 0 bridgehead atoms. The highest BCUT2D eigenvalue weighted by atomic mass is 16.3. The number of hydrogen-bond donors (Lipinski definition) is 3. The van der Waals surface area contributed by atoms with E-state index in [1.165, 1.54) is 6.08 Å². The van der Waals surface area contributed by atoms with Gasteiger partial charge in [0.2, 0.25) is 0 Å². The molecule has 4 rings (SSSR count). The molecular formula is C21H24O5. The molecule has 0 unspecified atom stereocenters. The van der Waals surface area contributed by atoms with Gasteiger partial charge in [0.15, 0.2) is 11.6 Å². The van der Waals surface area contributed by atoms with E-state index in [9.17, 15) is 24.9 Å². The molecule has 4 aliphatic carbocycles. The molecule has 5 nitrogen and oxygen atoms in total. The summed E-state index contributed by atoms with van der Waals surface area (Å²) in [7, 11) is 0. The van der Waals surface area contributed by atoms with Crippen LogP contribution in [0.1, 0.15) is 33.1 Å². The fourth-order valence-corrected chi connectivity index (χ4v) is 5.72. The summed E-state index contributed by atoms with van der Waals surface area (Å²) in [5.41, 5.74) is -0.354. The van der Waals surface area contributed by atoms with Crippen LogP contribution in [0.5, 0.6) is 0 Å². The molecule has 0 aromatic carbocycles. The van der Waals surface area contributed by atoms with Crippen molar-refractivity contribution in [2.45, 2.75) is 44.8 Å². The predicted molar refractivity (Wildman–Crippen MR) is 95.0 cm³/mol. The lowest BCUT2D eigenvalue weighted by atomic mass is 9.54. The van der Waals surface area contributed by atoms with Crippen LogP contribution in [-0.4, -0.2) is 45.2 Å². The van der Waals surface area contributed by atoms with Crippen LogP contribution in [0, 0.1) is 16.7 Å². The van der Waals surface area contributed by atoms with Gasteiger partial charge in [-0.25, -0.2) is 0 Å². The minimum absolute atomic E-state index is 0.0647. The van der Waals surface area contributed by atoms with Crippen molar-refractivity contribution in [2.75, 3.05) is 6.61 Å². The van der Waals surface area contributed by atoms with Crippen LogP contribution in [0.3, 0.4) is 0 Å². The molecule has 0 aliphatic heterocycles. The number of carbonyl (C=O) groups excluding carboxylic acids is 2. The third-order valence-corrected chi connectivity index (χ3v) is 7.23. The van der Waals surface area contributed by atoms with E-state index in [1.807, 2.05) is 32.1 Å². The van der Waals surface area contributed by atoms with Crippen molar-refractivity contribution < 1.29 is 24.9 Å². The van der Waals surface area contributed by atoms with Gasteiger partial charge in [-0.1, -0.05) is 25.2 Å². The average molecular weight is 356 g/mol. The summed E-state index contributed by atoms with van der Waals surface area (Å²) in [6, 6.07) is 0. The van der Waals surface area contributed by atoms with Crippen molar-refractivity contribution in [3.8, 4) is 0 Å². The Hall–Kier alpha value is -1.82. The van der Waals surface area contributed by atoms with Gasteiger partial charge in [-0.05, 0) is 61.0 Å². The first-order chi connectivity index (χ1) is 12.2. The monoisotopic (exact) mass is 356 g/mol. The number of aliphatic hydroxyl groups is 3. The number of aliphatic hydroxyl groups excluding tert-OH is 2. The molecule has 0 heterocycles. The van der Waals surface area contributed by atoms with Gasteiger partial charge >= 0.3 is 0 Å². The van der Waals surface area contributed by atoms with E-state index in [1.54, 1.807) is 6.08 Å². The van der Waals surface area contributed by atoms with Crippen molar-refractivity contribution in [3.63, 3.8) is 0 Å². The van der Waals surface area contributed by atoms with Gasteiger partial charge in [-0.15, -0.1) is 0 Å². The van der Waals surface area contributed by atoms with Gasteiger partial charge < -0.3 is 15.3 Å². The highest BCUT2D eigenvalue weighted by Gasteiger charge is 2.64. The zero-order valence-corrected chi connectivity index (χ0v) is 15.0. The number of fused-ring (bicyclic) bond motifs is 4. The fourth-order valence-electron chi connectivity index (χ4n) is 5.72. The number of rotatable bonds is 2. The summed E-state index contributed by atoms with van der Waals surface area (Å²) in [4.78, 5) is 24.1. The normalized spacial score (nSPS) is 43.7. The molecule has 0 spiro atoms. The Morgan fingerprint density at radius 3 is 2.69 bits per heavy atom. The standard InChI is InChI=1S/C21H24O5/c1-19-7-5-13(23)9-12(19)3-4-14-15-6-8-21(26,17(25)11-22)20(15,2)10-16(24)18(14)19/h3-5,7,9,15-16,22,24,26H,6,8,10-11H2,1-2H3/t15-,16-,19-,20-,21-/m0/s1. The lowest BCUT2D eigenvalue weighted by molar-refractivity contribution is -0.156. The number of Topliss-reactive ketones (excluding diaryl/α,β-unsaturated/α-hetero) is 1. The number of hydrogen-bond acceptors (Lipinski definition) is 5. The maximum atomic E-state index is 12.3. The van der Waals surface area contributed by atoms with E-state index < -0.39 is 34.9 Å². The first kappa shape index (κ1) is 17.6. The second kappa shape index (κ2) is 5.35. The molecular weight excluding hydrogens is 332 g/mol. The third kappa shape index (κ3) is 1.96. The van der Waals surface area contributed by atoms with E-state index in [2.05, 4.69) is 0 Å². The van der Waals surface area contributed by atoms with Crippen molar-refractivity contribution in [1.29, 1.82) is 0 Å². The summed E-state index contributed by atoms with van der Waals surface area (Å²) < 4.78 is 0. The highest BCUT2D eigenvalue weighted by Crippen LogP contribution is 2.63. The van der Waals surface area contributed by atoms with Crippen molar-refractivity contribution >= 4 is 11.6 Å². The lowest BCUT2D eigenvalue weighted by Crippen LogP contribution is -2.56. The van der Waals surface area contributed by atoms with Gasteiger partial charge in [0, 0.05) is 10.8 Å². The van der Waals surface area contributed by atoms with E-state index in [4.69, 9.17) is 0 Å². The summed E-state index contributed by atoms with van der Waals surface area (Å²) in [5, 5.41) is 31.5. The molecule has 1 saturated carbocycles.